The molecule has 0 saturated carbocycles. The summed E-state index contributed by atoms with van der Waals surface area (Å²) in [6.07, 6.45) is 1.27. The molecule has 0 bridgehead atoms. The SMILES string of the molecule is NC(=O)c1cn(S(=O)(=O)c2ccccc2)c2ccccc12. The molecule has 1 amide bonds. The number of nitrogens with zero attached hydrogens (tertiary/aromatic N) is 1. The Hall–Kier alpha value is -2.60. The number of amides is 1. The molecular formula is C15H12N2O3S. The lowest BCUT2D eigenvalue weighted by Gasteiger charge is -2.07. The number of hydrogen-bond acceptors (Lipinski definition) is 3. The summed E-state index contributed by atoms with van der Waals surface area (Å²) in [5, 5.41) is 0.518. The number of carbonyl (C=O) groups excluding carboxylic acids is 1. The number of nitrogens with two attached hydrogens (primary N) is 1. The minimum atomic E-state index is -3.77. The van der Waals surface area contributed by atoms with Crippen LogP contribution in [0.15, 0.2) is 65.7 Å². The molecule has 0 aliphatic carbocycles. The molecule has 21 heavy (non-hydrogen) atoms. The first-order chi connectivity index (χ1) is 10.0. The van der Waals surface area contributed by atoms with E-state index in [1.807, 2.05) is 0 Å². The lowest BCUT2D eigenvalue weighted by Crippen LogP contribution is -2.13. The number of benzene rings is 2. The molecule has 0 aliphatic rings. The van der Waals surface area contributed by atoms with E-state index in [0.717, 1.165) is 3.97 Å². The van der Waals surface area contributed by atoms with Crippen molar-refractivity contribution in [3.05, 3.63) is 66.4 Å². The highest BCUT2D eigenvalue weighted by molar-refractivity contribution is 7.90. The van der Waals surface area contributed by atoms with E-state index in [-0.39, 0.29) is 10.5 Å². The van der Waals surface area contributed by atoms with Crippen molar-refractivity contribution in [3.8, 4) is 0 Å². The quantitative estimate of drug-likeness (QED) is 0.803. The molecular weight excluding hydrogens is 288 g/mol. The summed E-state index contributed by atoms with van der Waals surface area (Å²) < 4.78 is 26.5. The summed E-state index contributed by atoms with van der Waals surface area (Å²) in [5.41, 5.74) is 5.94. The van der Waals surface area contributed by atoms with E-state index >= 15 is 0 Å². The van der Waals surface area contributed by atoms with E-state index in [0.29, 0.717) is 10.9 Å². The molecule has 106 valence electrons. The molecule has 1 heterocycles. The Kier molecular flexibility index (Phi) is 3.03. The van der Waals surface area contributed by atoms with Gasteiger partial charge in [-0.15, -0.1) is 0 Å². The van der Waals surface area contributed by atoms with Crippen molar-refractivity contribution >= 4 is 26.8 Å². The van der Waals surface area contributed by atoms with Gasteiger partial charge in [-0.2, -0.15) is 0 Å². The predicted octanol–water partition coefficient (Wildman–Crippen LogP) is 1.98. The Labute approximate surface area is 121 Å². The number of carbonyl (C=O) groups is 1. The third-order valence-corrected chi connectivity index (χ3v) is 4.93. The molecule has 0 spiro atoms. The third-order valence-electron chi connectivity index (χ3n) is 3.24. The molecule has 0 saturated heterocycles. The average Bonchev–Trinajstić information content (AvgIpc) is 2.88. The van der Waals surface area contributed by atoms with Crippen molar-refractivity contribution in [2.75, 3.05) is 0 Å². The average molecular weight is 300 g/mol. The zero-order valence-corrected chi connectivity index (χ0v) is 11.7. The third kappa shape index (κ3) is 2.09. The minimum absolute atomic E-state index is 0.154. The second-order valence-electron chi connectivity index (χ2n) is 4.54. The second kappa shape index (κ2) is 4.75. The monoisotopic (exact) mass is 300 g/mol. The van der Waals surface area contributed by atoms with Crippen molar-refractivity contribution in [2.45, 2.75) is 4.90 Å². The maximum atomic E-state index is 12.7. The standard InChI is InChI=1S/C15H12N2O3S/c16-15(18)13-10-17(14-9-5-4-8-12(13)14)21(19,20)11-6-2-1-3-7-11/h1-10H,(H2,16,18). The highest BCUT2D eigenvalue weighted by Gasteiger charge is 2.22. The Bertz CT molecular complexity index is 928. The van der Waals surface area contributed by atoms with Crippen molar-refractivity contribution in [1.29, 1.82) is 0 Å². The molecule has 6 heteroatoms. The normalized spacial score (nSPS) is 11.6. The molecule has 2 aromatic carbocycles. The van der Waals surface area contributed by atoms with Crippen LogP contribution in [0.3, 0.4) is 0 Å². The Morgan fingerprint density at radius 2 is 1.57 bits per heavy atom. The van der Waals surface area contributed by atoms with Crippen molar-refractivity contribution in [3.63, 3.8) is 0 Å². The first-order valence-corrected chi connectivity index (χ1v) is 7.66. The Balaban J connectivity index is 2.34. The highest BCUT2D eigenvalue weighted by atomic mass is 32.2. The van der Waals surface area contributed by atoms with Gasteiger partial charge in [0, 0.05) is 11.6 Å². The zero-order chi connectivity index (χ0) is 15.0. The van der Waals surface area contributed by atoms with Crippen molar-refractivity contribution in [2.24, 2.45) is 5.73 Å². The van der Waals surface area contributed by atoms with Gasteiger partial charge in [0.2, 0.25) is 0 Å². The summed E-state index contributed by atoms with van der Waals surface area (Å²) in [4.78, 5) is 11.7. The van der Waals surface area contributed by atoms with Crippen molar-refractivity contribution < 1.29 is 13.2 Å². The van der Waals surface area contributed by atoms with Crippen LogP contribution in [0.1, 0.15) is 10.4 Å². The number of hydrogen-bond donors (Lipinski definition) is 1. The fraction of sp³-hybridized carbons (Fsp3) is 0. The van der Waals surface area contributed by atoms with Crippen LogP contribution in [0, 0.1) is 0 Å². The van der Waals surface area contributed by atoms with Gasteiger partial charge < -0.3 is 5.73 Å². The Morgan fingerprint density at radius 1 is 0.952 bits per heavy atom. The molecule has 2 N–H and O–H groups in total. The van der Waals surface area contributed by atoms with Gasteiger partial charge in [0.15, 0.2) is 0 Å². The van der Waals surface area contributed by atoms with Crippen LogP contribution in [-0.4, -0.2) is 18.3 Å². The summed E-state index contributed by atoms with van der Waals surface area (Å²) in [5.74, 6) is -0.659. The van der Waals surface area contributed by atoms with Crippen molar-refractivity contribution in [1.82, 2.24) is 3.97 Å². The van der Waals surface area contributed by atoms with Gasteiger partial charge in [-0.25, -0.2) is 12.4 Å². The fourth-order valence-corrected chi connectivity index (χ4v) is 3.64. The van der Waals surface area contributed by atoms with Gasteiger partial charge in [0.1, 0.15) is 0 Å². The second-order valence-corrected chi connectivity index (χ2v) is 6.35. The number of fused-ring (bicyclic) bond motifs is 1. The largest absolute Gasteiger partial charge is 0.366 e. The molecule has 0 radical (unpaired) electrons. The van der Waals surface area contributed by atoms with Gasteiger partial charge in [-0.3, -0.25) is 4.79 Å². The first kappa shape index (κ1) is 13.4. The van der Waals surface area contributed by atoms with Crippen LogP contribution >= 0.6 is 0 Å². The molecule has 0 aliphatic heterocycles. The van der Waals surface area contributed by atoms with Gasteiger partial charge in [-0.1, -0.05) is 36.4 Å². The summed E-state index contributed by atoms with van der Waals surface area (Å²) in [6.45, 7) is 0. The summed E-state index contributed by atoms with van der Waals surface area (Å²) in [7, 11) is -3.77. The molecule has 0 unspecified atom stereocenters. The molecule has 3 rings (SSSR count). The van der Waals surface area contributed by atoms with Crippen LogP contribution < -0.4 is 5.73 Å². The van der Waals surface area contributed by atoms with Crippen LogP contribution in [0.5, 0.6) is 0 Å². The summed E-state index contributed by atoms with van der Waals surface area (Å²) in [6, 6.07) is 14.8. The lowest BCUT2D eigenvalue weighted by molar-refractivity contribution is 0.100. The molecule has 5 nitrogen and oxygen atoms in total. The van der Waals surface area contributed by atoms with Crippen LogP contribution in [-0.2, 0) is 10.0 Å². The first-order valence-electron chi connectivity index (χ1n) is 6.22. The lowest BCUT2D eigenvalue weighted by atomic mass is 10.2. The number of primary amides is 1. The van der Waals surface area contributed by atoms with Crippen LogP contribution in [0.25, 0.3) is 10.9 Å². The molecule has 0 fully saturated rings. The minimum Gasteiger partial charge on any atom is -0.366 e. The summed E-state index contributed by atoms with van der Waals surface area (Å²) >= 11 is 0. The number of para-hydroxylation sites is 1. The number of aromatic nitrogens is 1. The smallest absolute Gasteiger partial charge is 0.268 e. The molecule has 1 aromatic heterocycles. The van der Waals surface area contributed by atoms with E-state index < -0.39 is 15.9 Å². The zero-order valence-electron chi connectivity index (χ0n) is 10.9. The number of rotatable bonds is 3. The van der Waals surface area contributed by atoms with Gasteiger partial charge in [0.05, 0.1) is 16.0 Å². The van der Waals surface area contributed by atoms with E-state index in [2.05, 4.69) is 0 Å². The topological polar surface area (TPSA) is 82.2 Å². The van der Waals surface area contributed by atoms with Gasteiger partial charge >= 0.3 is 0 Å². The van der Waals surface area contributed by atoms with Gasteiger partial charge in [-0.05, 0) is 18.2 Å². The van der Waals surface area contributed by atoms with E-state index in [4.69, 9.17) is 5.73 Å². The van der Waals surface area contributed by atoms with E-state index in [1.54, 1.807) is 42.5 Å². The molecule has 0 atom stereocenters. The van der Waals surface area contributed by atoms with Crippen LogP contribution in [0.2, 0.25) is 0 Å². The predicted molar refractivity (Wildman–Crippen MR) is 79.5 cm³/mol. The Morgan fingerprint density at radius 3 is 2.24 bits per heavy atom. The van der Waals surface area contributed by atoms with Crippen LogP contribution in [0.4, 0.5) is 0 Å². The highest BCUT2D eigenvalue weighted by Crippen LogP contribution is 2.25. The van der Waals surface area contributed by atoms with Gasteiger partial charge in [0.25, 0.3) is 15.9 Å². The van der Waals surface area contributed by atoms with E-state index in [1.165, 1.54) is 18.3 Å². The molecule has 3 aromatic rings. The fourth-order valence-electron chi connectivity index (χ4n) is 2.25. The van der Waals surface area contributed by atoms with E-state index in [9.17, 15) is 13.2 Å². The maximum Gasteiger partial charge on any atom is 0.268 e. The maximum absolute atomic E-state index is 12.7.